The fourth-order valence-electron chi connectivity index (χ4n) is 8.53. The van der Waals surface area contributed by atoms with Crippen molar-refractivity contribution in [3.8, 4) is 33.6 Å². The highest BCUT2D eigenvalue weighted by Crippen LogP contribution is 2.52. The third-order valence-electron chi connectivity index (χ3n) is 10.5. The first-order valence-corrected chi connectivity index (χ1v) is 16.5. The number of rotatable bonds is 3. The van der Waals surface area contributed by atoms with Gasteiger partial charge in [-0.15, -0.1) is 0 Å². The van der Waals surface area contributed by atoms with Crippen LogP contribution in [0.15, 0.2) is 158 Å². The first-order valence-electron chi connectivity index (χ1n) is 16.5. The summed E-state index contributed by atoms with van der Waals surface area (Å²) in [5.74, 6) is 0. The lowest BCUT2D eigenvalue weighted by molar-refractivity contribution is 0.662. The van der Waals surface area contributed by atoms with Crippen LogP contribution in [0.2, 0.25) is 0 Å². The van der Waals surface area contributed by atoms with E-state index in [1.54, 1.807) is 0 Å². The summed E-state index contributed by atoms with van der Waals surface area (Å²) in [5, 5.41) is 5.06. The summed E-state index contributed by atoms with van der Waals surface area (Å²) >= 11 is 0. The second-order valence-electron chi connectivity index (χ2n) is 13.3. The minimum absolute atomic E-state index is 0.0936. The molecular weight excluding hydrogens is 569 g/mol. The molecule has 0 atom stereocenters. The fraction of sp³-hybridized carbons (Fsp3) is 0.0667. The predicted molar refractivity (Wildman–Crippen MR) is 198 cm³/mol. The van der Waals surface area contributed by atoms with E-state index in [2.05, 4.69) is 181 Å². The summed E-state index contributed by atoms with van der Waals surface area (Å²) in [6.45, 7) is 4.75. The molecule has 0 saturated heterocycles. The van der Waals surface area contributed by atoms with E-state index in [4.69, 9.17) is 0 Å². The van der Waals surface area contributed by atoms with Crippen LogP contribution >= 0.6 is 0 Å². The van der Waals surface area contributed by atoms with Crippen molar-refractivity contribution in [3.05, 3.63) is 169 Å². The Hall–Kier alpha value is -5.86. The lowest BCUT2D eigenvalue weighted by atomic mass is 9.79. The maximum absolute atomic E-state index is 2.47. The van der Waals surface area contributed by atoms with Crippen LogP contribution in [-0.2, 0) is 5.41 Å². The summed E-state index contributed by atoms with van der Waals surface area (Å²) in [6, 6.07) is 58.0. The van der Waals surface area contributed by atoms with E-state index >= 15 is 0 Å². The van der Waals surface area contributed by atoms with Gasteiger partial charge in [0.1, 0.15) is 0 Å². The van der Waals surface area contributed by atoms with Crippen molar-refractivity contribution in [2.75, 3.05) is 0 Å². The summed E-state index contributed by atoms with van der Waals surface area (Å²) in [5.41, 5.74) is 15.2. The Morgan fingerprint density at radius 1 is 0.426 bits per heavy atom. The van der Waals surface area contributed by atoms with Gasteiger partial charge in [0, 0.05) is 32.6 Å². The Balaban J connectivity index is 1.32. The van der Waals surface area contributed by atoms with Crippen molar-refractivity contribution in [1.29, 1.82) is 0 Å². The summed E-state index contributed by atoms with van der Waals surface area (Å²) in [6.07, 6.45) is 0. The Labute approximate surface area is 273 Å². The average molecular weight is 601 g/mol. The lowest BCUT2D eigenvalue weighted by Crippen LogP contribution is -2.16. The molecule has 0 aliphatic heterocycles. The van der Waals surface area contributed by atoms with Gasteiger partial charge in [0.05, 0.1) is 27.8 Å². The topological polar surface area (TPSA) is 9.86 Å². The van der Waals surface area contributed by atoms with Gasteiger partial charge in [-0.05, 0) is 81.9 Å². The van der Waals surface area contributed by atoms with Crippen molar-refractivity contribution in [2.24, 2.45) is 0 Å². The normalized spacial score (nSPS) is 13.5. The van der Waals surface area contributed by atoms with Crippen LogP contribution in [0.1, 0.15) is 25.0 Å². The molecule has 0 unspecified atom stereocenters. The van der Waals surface area contributed by atoms with Crippen LogP contribution in [0.3, 0.4) is 0 Å². The van der Waals surface area contributed by atoms with E-state index in [0.717, 1.165) is 5.69 Å². The number of hydrogen-bond donors (Lipinski definition) is 0. The highest BCUT2D eigenvalue weighted by Gasteiger charge is 2.37. The minimum atomic E-state index is -0.0936. The largest absolute Gasteiger partial charge is 0.309 e. The molecule has 222 valence electrons. The maximum Gasteiger partial charge on any atom is 0.0562 e. The number of aromatic nitrogens is 2. The SMILES string of the molecule is CC1(C)c2ccccc2-c2cccc(-c3ccc4c(c3)c3c(-n5c6ccccc6c6ccccc65)cccc3n4-c3ccccc3)c21. The smallest absolute Gasteiger partial charge is 0.0562 e. The fourth-order valence-corrected chi connectivity index (χ4v) is 8.53. The molecule has 7 aromatic carbocycles. The Bertz CT molecular complexity index is 2650. The van der Waals surface area contributed by atoms with Crippen LogP contribution in [0, 0.1) is 0 Å². The van der Waals surface area contributed by atoms with Crippen LogP contribution in [0.5, 0.6) is 0 Å². The first kappa shape index (κ1) is 26.4. The Morgan fingerprint density at radius 2 is 1.02 bits per heavy atom. The van der Waals surface area contributed by atoms with Crippen LogP contribution in [0.4, 0.5) is 0 Å². The molecule has 47 heavy (non-hydrogen) atoms. The van der Waals surface area contributed by atoms with Gasteiger partial charge in [0.25, 0.3) is 0 Å². The zero-order chi connectivity index (χ0) is 31.3. The van der Waals surface area contributed by atoms with E-state index in [1.807, 2.05) is 0 Å². The highest BCUT2D eigenvalue weighted by atomic mass is 15.0. The first-order chi connectivity index (χ1) is 23.1. The third kappa shape index (κ3) is 3.56. The van der Waals surface area contributed by atoms with Gasteiger partial charge in [0.2, 0.25) is 0 Å². The lowest BCUT2D eigenvalue weighted by Gasteiger charge is -2.24. The molecule has 0 radical (unpaired) electrons. The molecule has 0 saturated carbocycles. The quantitative estimate of drug-likeness (QED) is 0.191. The molecule has 2 heteroatoms. The molecule has 9 aromatic rings. The van der Waals surface area contributed by atoms with Gasteiger partial charge in [0.15, 0.2) is 0 Å². The van der Waals surface area contributed by atoms with Crippen molar-refractivity contribution in [1.82, 2.24) is 9.13 Å². The molecular formula is C45H32N2. The number of hydrogen-bond acceptors (Lipinski definition) is 0. The molecule has 2 nitrogen and oxygen atoms in total. The van der Waals surface area contributed by atoms with Gasteiger partial charge in [-0.1, -0.05) is 123 Å². The molecule has 0 fully saturated rings. The molecule has 0 N–H and O–H groups in total. The number of nitrogens with zero attached hydrogens (tertiary/aromatic N) is 2. The minimum Gasteiger partial charge on any atom is -0.309 e. The molecule has 1 aliphatic carbocycles. The molecule has 0 spiro atoms. The van der Waals surface area contributed by atoms with Gasteiger partial charge in [-0.2, -0.15) is 0 Å². The van der Waals surface area contributed by atoms with Gasteiger partial charge < -0.3 is 9.13 Å². The predicted octanol–water partition coefficient (Wildman–Crippen LogP) is 11.9. The van der Waals surface area contributed by atoms with E-state index in [0.29, 0.717) is 0 Å². The molecule has 0 bridgehead atoms. The van der Waals surface area contributed by atoms with E-state index < -0.39 is 0 Å². The summed E-state index contributed by atoms with van der Waals surface area (Å²) in [4.78, 5) is 0. The standard InChI is InChI=1S/C45H32N2/c1-45(2)37-21-9-6-16-32(37)35-20-12-19-31(44(35)45)29-26-27-40-36(28-29)43-41(46(40)30-14-4-3-5-15-30)24-13-25-42(43)47-38-22-10-7-17-33(38)34-18-8-11-23-39(34)47/h3-28H,1-2H3. The van der Waals surface area contributed by atoms with Crippen LogP contribution < -0.4 is 0 Å². The monoisotopic (exact) mass is 600 g/mol. The Morgan fingerprint density at radius 3 is 1.81 bits per heavy atom. The van der Waals surface area contributed by atoms with Gasteiger partial charge in [-0.3, -0.25) is 0 Å². The average Bonchev–Trinajstić information content (AvgIpc) is 3.72. The number of fused-ring (bicyclic) bond motifs is 9. The Kier molecular flexibility index (Phi) is 5.37. The highest BCUT2D eigenvalue weighted by molar-refractivity contribution is 6.17. The van der Waals surface area contributed by atoms with E-state index in [1.165, 1.54) is 82.7 Å². The second-order valence-corrected chi connectivity index (χ2v) is 13.3. The van der Waals surface area contributed by atoms with Gasteiger partial charge in [-0.25, -0.2) is 0 Å². The van der Waals surface area contributed by atoms with Crippen LogP contribution in [-0.4, -0.2) is 9.13 Å². The molecule has 2 aromatic heterocycles. The van der Waals surface area contributed by atoms with Crippen molar-refractivity contribution in [2.45, 2.75) is 19.3 Å². The molecule has 0 amide bonds. The second kappa shape index (κ2) is 9.57. The van der Waals surface area contributed by atoms with Crippen molar-refractivity contribution in [3.63, 3.8) is 0 Å². The van der Waals surface area contributed by atoms with Crippen LogP contribution in [0.25, 0.3) is 77.2 Å². The van der Waals surface area contributed by atoms with Crippen molar-refractivity contribution >= 4 is 43.6 Å². The number of benzene rings is 7. The zero-order valence-electron chi connectivity index (χ0n) is 26.4. The molecule has 10 rings (SSSR count). The summed E-state index contributed by atoms with van der Waals surface area (Å²) < 4.78 is 4.90. The third-order valence-corrected chi connectivity index (χ3v) is 10.5. The maximum atomic E-state index is 2.47. The van der Waals surface area contributed by atoms with Crippen molar-refractivity contribution < 1.29 is 0 Å². The zero-order valence-corrected chi connectivity index (χ0v) is 26.4. The number of para-hydroxylation sites is 3. The molecule has 2 heterocycles. The van der Waals surface area contributed by atoms with E-state index in [9.17, 15) is 0 Å². The van der Waals surface area contributed by atoms with Gasteiger partial charge >= 0.3 is 0 Å². The summed E-state index contributed by atoms with van der Waals surface area (Å²) in [7, 11) is 0. The van der Waals surface area contributed by atoms with E-state index in [-0.39, 0.29) is 5.41 Å². The molecule has 1 aliphatic rings.